The van der Waals surface area contributed by atoms with Crippen molar-refractivity contribution in [3.63, 3.8) is 0 Å². The lowest BCUT2D eigenvalue weighted by Crippen LogP contribution is -2.43. The Morgan fingerprint density at radius 3 is 0.926 bits per heavy atom. The van der Waals surface area contributed by atoms with E-state index in [1.165, 1.54) is 0 Å². The molecule has 0 atom stereocenters. The molecule has 0 saturated carbocycles. The normalized spacial score (nSPS) is 11.2. The number of rotatable bonds is 18. The summed E-state index contributed by atoms with van der Waals surface area (Å²) >= 11 is 0. The molecule has 0 radical (unpaired) electrons. The van der Waals surface area contributed by atoms with Crippen molar-refractivity contribution >= 4 is 23.1 Å². The van der Waals surface area contributed by atoms with Crippen molar-refractivity contribution in [1.82, 2.24) is 0 Å². The molecule has 0 rings (SSSR count). The topological polar surface area (TPSA) is 77.5 Å². The van der Waals surface area contributed by atoms with Crippen LogP contribution in [-0.2, 0) is 23.9 Å². The average Bonchev–Trinajstić information content (AvgIpc) is 2.67. The van der Waals surface area contributed by atoms with Gasteiger partial charge in [-0.2, -0.15) is 0 Å². The second-order valence-electron chi connectivity index (χ2n) is 7.18. The molecule has 0 aliphatic carbocycles. The number of carbonyl (C=O) groups is 4. The van der Waals surface area contributed by atoms with Crippen LogP contribution < -0.4 is 0 Å². The largest absolute Gasteiger partial charge is 0.344 e. The first-order valence-electron chi connectivity index (χ1n) is 10.7. The Morgan fingerprint density at radius 2 is 0.741 bits per heavy atom. The molecule has 0 heterocycles. The summed E-state index contributed by atoms with van der Waals surface area (Å²) in [7, 11) is 0. The minimum Gasteiger partial charge on any atom is -0.344 e. The zero-order valence-electron chi connectivity index (χ0n) is 17.7. The number of ether oxygens (including phenoxy) is 1. The Bertz CT molecular complexity index is 387. The van der Waals surface area contributed by atoms with Crippen LogP contribution in [-0.4, -0.2) is 35.3 Å². The molecule has 0 aromatic rings. The maximum absolute atomic E-state index is 12.5. The van der Waals surface area contributed by atoms with E-state index in [1.807, 2.05) is 27.7 Å². The van der Waals surface area contributed by atoms with Crippen molar-refractivity contribution in [3.8, 4) is 0 Å². The number of Topliss-reactive ketones (excluding diaryl/α,β-unsaturated/α-hetero) is 4. The zero-order chi connectivity index (χ0) is 20.7. The van der Waals surface area contributed by atoms with E-state index < -0.39 is 12.2 Å². The summed E-state index contributed by atoms with van der Waals surface area (Å²) in [4.78, 5) is 50.2. The van der Waals surface area contributed by atoms with E-state index in [-0.39, 0.29) is 48.8 Å². The van der Waals surface area contributed by atoms with Crippen LogP contribution in [0.4, 0.5) is 0 Å². The van der Waals surface area contributed by atoms with Gasteiger partial charge in [0.15, 0.2) is 35.3 Å². The summed E-state index contributed by atoms with van der Waals surface area (Å²) < 4.78 is 5.69. The Labute approximate surface area is 164 Å². The van der Waals surface area contributed by atoms with Gasteiger partial charge in [-0.05, 0) is 25.7 Å². The first-order valence-corrected chi connectivity index (χ1v) is 10.7. The third kappa shape index (κ3) is 10.5. The van der Waals surface area contributed by atoms with E-state index in [4.69, 9.17) is 4.74 Å². The van der Waals surface area contributed by atoms with Crippen LogP contribution in [0.15, 0.2) is 0 Å². The molecule has 0 aromatic carbocycles. The maximum atomic E-state index is 12.5. The molecule has 5 nitrogen and oxygen atoms in total. The van der Waals surface area contributed by atoms with Gasteiger partial charge in [-0.1, -0.05) is 53.4 Å². The van der Waals surface area contributed by atoms with Gasteiger partial charge >= 0.3 is 0 Å². The monoisotopic (exact) mass is 382 g/mol. The van der Waals surface area contributed by atoms with Gasteiger partial charge in [0.25, 0.3) is 0 Å². The first-order chi connectivity index (χ1) is 12.9. The highest BCUT2D eigenvalue weighted by atomic mass is 16.5. The van der Waals surface area contributed by atoms with E-state index in [0.717, 1.165) is 25.7 Å². The lowest BCUT2D eigenvalue weighted by molar-refractivity contribution is -0.156. The number of hydrogen-bond acceptors (Lipinski definition) is 5. The van der Waals surface area contributed by atoms with E-state index in [1.54, 1.807) is 0 Å². The van der Waals surface area contributed by atoms with Gasteiger partial charge < -0.3 is 4.74 Å². The van der Waals surface area contributed by atoms with E-state index in [9.17, 15) is 19.2 Å². The van der Waals surface area contributed by atoms with Gasteiger partial charge in [-0.15, -0.1) is 0 Å². The van der Waals surface area contributed by atoms with Gasteiger partial charge in [0.05, 0.1) is 0 Å². The number of ketones is 4. The summed E-state index contributed by atoms with van der Waals surface area (Å²) in [5.41, 5.74) is 0. The fourth-order valence-electron chi connectivity index (χ4n) is 2.73. The predicted molar refractivity (Wildman–Crippen MR) is 107 cm³/mol. The molecule has 0 amide bonds. The second kappa shape index (κ2) is 15.7. The number of unbranched alkanes of at least 4 members (excludes halogenated alkanes) is 4. The number of carbonyl (C=O) groups excluding carboxylic acids is 4. The molecular weight excluding hydrogens is 344 g/mol. The summed E-state index contributed by atoms with van der Waals surface area (Å²) in [6, 6.07) is 0. The molecule has 0 aromatic heterocycles. The maximum Gasteiger partial charge on any atom is 0.175 e. The Kier molecular flexibility index (Phi) is 14.9. The molecule has 0 aliphatic heterocycles. The van der Waals surface area contributed by atoms with Gasteiger partial charge in [-0.3, -0.25) is 19.2 Å². The molecule has 0 fully saturated rings. The van der Waals surface area contributed by atoms with Gasteiger partial charge in [0.1, 0.15) is 0 Å². The number of hydrogen-bond donors (Lipinski definition) is 0. The van der Waals surface area contributed by atoms with Crippen molar-refractivity contribution in [2.45, 2.75) is 117 Å². The highest BCUT2D eigenvalue weighted by molar-refractivity contribution is 6.08. The van der Waals surface area contributed by atoms with Crippen LogP contribution in [0.1, 0.15) is 105 Å². The molecule has 0 N–H and O–H groups in total. The second-order valence-corrected chi connectivity index (χ2v) is 7.18. The fourth-order valence-corrected chi connectivity index (χ4v) is 2.73. The van der Waals surface area contributed by atoms with Crippen LogP contribution in [0.25, 0.3) is 0 Å². The van der Waals surface area contributed by atoms with E-state index in [2.05, 4.69) is 0 Å². The third-order valence-corrected chi connectivity index (χ3v) is 4.55. The Hall–Kier alpha value is -1.36. The Balaban J connectivity index is 5.38. The average molecular weight is 383 g/mol. The summed E-state index contributed by atoms with van der Waals surface area (Å²) in [5, 5.41) is 0. The quantitative estimate of drug-likeness (QED) is 0.319. The first kappa shape index (κ1) is 25.6. The van der Waals surface area contributed by atoms with Crippen LogP contribution >= 0.6 is 0 Å². The van der Waals surface area contributed by atoms with Crippen LogP contribution in [0.3, 0.4) is 0 Å². The molecular formula is C22H38O5. The van der Waals surface area contributed by atoms with Crippen molar-refractivity contribution < 1.29 is 23.9 Å². The standard InChI is InChI=1S/C22H38O5/c1-5-9-13-17(23)21(18(24)14-10-6-2)27-22(19(25)15-11-7-3)20(26)16-12-8-4/h21-22H,5-16H2,1-4H3. The molecule has 0 saturated heterocycles. The third-order valence-electron chi connectivity index (χ3n) is 4.55. The fraction of sp³-hybridized carbons (Fsp3) is 0.818. The van der Waals surface area contributed by atoms with Crippen molar-refractivity contribution in [1.29, 1.82) is 0 Å². The Morgan fingerprint density at radius 1 is 0.519 bits per heavy atom. The minimum atomic E-state index is -1.29. The SMILES string of the molecule is CCCCC(=O)C(OC(C(=O)CCCC)C(=O)CCCC)C(=O)CCCC. The molecule has 0 unspecified atom stereocenters. The highest BCUT2D eigenvalue weighted by Crippen LogP contribution is 2.16. The lowest BCUT2D eigenvalue weighted by atomic mass is 9.98. The predicted octanol–water partition coefficient (Wildman–Crippen LogP) is 4.78. The summed E-state index contributed by atoms with van der Waals surface area (Å²) in [6.07, 6.45) is 4.34. The summed E-state index contributed by atoms with van der Waals surface area (Å²) in [5.74, 6) is -1.24. The van der Waals surface area contributed by atoms with E-state index >= 15 is 0 Å². The van der Waals surface area contributed by atoms with Crippen molar-refractivity contribution in [3.05, 3.63) is 0 Å². The summed E-state index contributed by atoms with van der Waals surface area (Å²) in [6.45, 7) is 7.86. The molecule has 5 heteroatoms. The molecule has 0 bridgehead atoms. The van der Waals surface area contributed by atoms with E-state index in [0.29, 0.717) is 25.7 Å². The van der Waals surface area contributed by atoms with Crippen LogP contribution in [0.2, 0.25) is 0 Å². The lowest BCUT2D eigenvalue weighted by Gasteiger charge is -2.22. The highest BCUT2D eigenvalue weighted by Gasteiger charge is 2.35. The zero-order valence-corrected chi connectivity index (χ0v) is 17.7. The van der Waals surface area contributed by atoms with Gasteiger partial charge in [0.2, 0.25) is 0 Å². The molecule has 156 valence electrons. The van der Waals surface area contributed by atoms with Gasteiger partial charge in [-0.25, -0.2) is 0 Å². The van der Waals surface area contributed by atoms with Crippen LogP contribution in [0, 0.1) is 0 Å². The molecule has 27 heavy (non-hydrogen) atoms. The molecule has 0 aliphatic rings. The van der Waals surface area contributed by atoms with Crippen molar-refractivity contribution in [2.75, 3.05) is 0 Å². The minimum absolute atomic E-state index is 0.234. The smallest absolute Gasteiger partial charge is 0.175 e. The van der Waals surface area contributed by atoms with Gasteiger partial charge in [0, 0.05) is 25.7 Å². The van der Waals surface area contributed by atoms with Crippen LogP contribution in [0.5, 0.6) is 0 Å². The van der Waals surface area contributed by atoms with Crippen molar-refractivity contribution in [2.24, 2.45) is 0 Å². The molecule has 0 spiro atoms.